The van der Waals surface area contributed by atoms with E-state index >= 15 is 0 Å². The molecule has 0 aromatic heterocycles. The summed E-state index contributed by atoms with van der Waals surface area (Å²) in [7, 11) is 0. The van der Waals surface area contributed by atoms with E-state index in [0.717, 1.165) is 12.8 Å². The van der Waals surface area contributed by atoms with Crippen LogP contribution in [-0.4, -0.2) is 62.4 Å². The molecule has 0 rings (SSSR count). The van der Waals surface area contributed by atoms with E-state index in [-0.39, 0.29) is 13.2 Å². The molecule has 0 amide bonds. The van der Waals surface area contributed by atoms with Crippen LogP contribution in [0.4, 0.5) is 0 Å². The van der Waals surface area contributed by atoms with Gasteiger partial charge in [0, 0.05) is 5.57 Å². The van der Waals surface area contributed by atoms with Crippen molar-refractivity contribution in [2.75, 3.05) is 46.2 Å². The molecule has 2 N–H and O–H groups in total. The molecule has 0 aliphatic heterocycles. The summed E-state index contributed by atoms with van der Waals surface area (Å²) in [5.41, 5.74) is 0.349. The van der Waals surface area contributed by atoms with Crippen LogP contribution >= 0.6 is 0 Å². The van der Waals surface area contributed by atoms with Crippen LogP contribution in [-0.2, 0) is 24.0 Å². The Hall–Kier alpha value is -0.990. The first kappa shape index (κ1) is 22.3. The third kappa shape index (κ3) is 21.5. The molecule has 0 saturated heterocycles. The summed E-state index contributed by atoms with van der Waals surface area (Å²) < 4.78 is 9.75. The molecule has 0 fully saturated rings. The van der Waals surface area contributed by atoms with Gasteiger partial charge in [0.2, 0.25) is 0 Å². The smallest absolute Gasteiger partial charge is 0.368 e. The summed E-state index contributed by atoms with van der Waals surface area (Å²) in [5.74, 6) is -0.499. The van der Waals surface area contributed by atoms with E-state index in [4.69, 9.17) is 19.7 Å². The first-order valence-corrected chi connectivity index (χ1v) is 6.96. The molecule has 0 aliphatic rings. The molecule has 0 atom stereocenters. The highest BCUT2D eigenvalue weighted by Gasteiger charge is 2.02. The van der Waals surface area contributed by atoms with Crippen molar-refractivity contribution in [1.82, 2.24) is 0 Å². The van der Waals surface area contributed by atoms with Crippen LogP contribution in [0.2, 0.25) is 0 Å². The second-order valence-corrected chi connectivity index (χ2v) is 4.00. The minimum absolute atomic E-state index is 0.0417. The van der Waals surface area contributed by atoms with Gasteiger partial charge in [0.1, 0.15) is 0 Å². The van der Waals surface area contributed by atoms with Crippen molar-refractivity contribution in [2.24, 2.45) is 0 Å². The fraction of sp³-hybridized carbons (Fsp3) is 0.786. The maximum atomic E-state index is 10.7. The zero-order valence-corrected chi connectivity index (χ0v) is 13.0. The van der Waals surface area contributed by atoms with Crippen molar-refractivity contribution in [3.63, 3.8) is 0 Å². The van der Waals surface area contributed by atoms with Crippen molar-refractivity contribution >= 4 is 5.97 Å². The van der Waals surface area contributed by atoms with Crippen molar-refractivity contribution in [1.29, 1.82) is 0 Å². The summed E-state index contributed by atoms with van der Waals surface area (Å²) in [6.07, 6.45) is 1.91. The molecule has 0 radical (unpaired) electrons. The summed E-state index contributed by atoms with van der Waals surface area (Å²) >= 11 is 0. The van der Waals surface area contributed by atoms with Gasteiger partial charge < -0.3 is 19.7 Å². The molecule has 21 heavy (non-hydrogen) atoms. The number of carbonyl (C=O) groups excluding carboxylic acids is 1. The first-order chi connectivity index (χ1) is 10.1. The van der Waals surface area contributed by atoms with E-state index in [1.54, 1.807) is 6.92 Å². The molecule has 0 heterocycles. The monoisotopic (exact) mass is 308 g/mol. The van der Waals surface area contributed by atoms with E-state index in [0.29, 0.717) is 38.6 Å². The average molecular weight is 308 g/mol. The highest BCUT2D eigenvalue weighted by atomic mass is 17.2. The second-order valence-electron chi connectivity index (χ2n) is 4.00. The summed E-state index contributed by atoms with van der Waals surface area (Å²) in [4.78, 5) is 19.6. The normalized spacial score (nSPS) is 9.71. The molecule has 0 aromatic rings. The molecular formula is C14H28O7. The Balaban J connectivity index is 0. The van der Waals surface area contributed by atoms with Crippen molar-refractivity contribution < 1.29 is 34.3 Å². The number of hydrogen-bond donors (Lipinski definition) is 2. The summed E-state index contributed by atoms with van der Waals surface area (Å²) in [5, 5.41) is 16.5. The molecular weight excluding hydrogens is 280 g/mol. The van der Waals surface area contributed by atoms with Gasteiger partial charge in [0.05, 0.1) is 46.2 Å². The SMILES string of the molecule is C=C(C)C(=O)OOCCCC.OCCOCCOCCO. The fourth-order valence-electron chi connectivity index (χ4n) is 0.821. The maximum Gasteiger partial charge on any atom is 0.368 e. The fourth-order valence-corrected chi connectivity index (χ4v) is 0.821. The van der Waals surface area contributed by atoms with Crippen LogP contribution < -0.4 is 0 Å². The topological polar surface area (TPSA) is 94.5 Å². The van der Waals surface area contributed by atoms with Crippen molar-refractivity contribution in [3.05, 3.63) is 12.2 Å². The Morgan fingerprint density at radius 2 is 1.52 bits per heavy atom. The minimum atomic E-state index is -0.499. The van der Waals surface area contributed by atoms with Gasteiger partial charge in [-0.1, -0.05) is 19.9 Å². The predicted molar refractivity (Wildman–Crippen MR) is 77.6 cm³/mol. The van der Waals surface area contributed by atoms with E-state index in [2.05, 4.69) is 16.4 Å². The van der Waals surface area contributed by atoms with Gasteiger partial charge in [-0.2, -0.15) is 4.89 Å². The van der Waals surface area contributed by atoms with E-state index in [1.807, 2.05) is 6.92 Å². The van der Waals surface area contributed by atoms with Gasteiger partial charge in [0.25, 0.3) is 0 Å². The number of unbranched alkanes of at least 4 members (excludes halogenated alkanes) is 1. The number of carbonyl (C=O) groups is 1. The Labute approximate surface area is 126 Å². The molecule has 7 nitrogen and oxygen atoms in total. The largest absolute Gasteiger partial charge is 0.394 e. The van der Waals surface area contributed by atoms with Crippen LogP contribution in [0, 0.1) is 0 Å². The third-order valence-electron chi connectivity index (χ3n) is 1.91. The molecule has 0 saturated carbocycles. The van der Waals surface area contributed by atoms with Crippen molar-refractivity contribution in [2.45, 2.75) is 26.7 Å². The standard InChI is InChI=1S/C8H14O3.C6H14O4/c1-4-5-6-10-11-8(9)7(2)3;7-1-3-9-5-6-10-4-2-8/h2,4-6H2,1,3H3;7-8H,1-6H2. The van der Waals surface area contributed by atoms with Crippen LogP contribution in [0.25, 0.3) is 0 Å². The van der Waals surface area contributed by atoms with Crippen molar-refractivity contribution in [3.8, 4) is 0 Å². The van der Waals surface area contributed by atoms with Crippen LogP contribution in [0.1, 0.15) is 26.7 Å². The minimum Gasteiger partial charge on any atom is -0.394 e. The Kier molecular flexibility index (Phi) is 20.2. The van der Waals surface area contributed by atoms with Crippen LogP contribution in [0.15, 0.2) is 12.2 Å². The lowest BCUT2D eigenvalue weighted by Gasteiger charge is -2.01. The molecule has 126 valence electrons. The lowest BCUT2D eigenvalue weighted by molar-refractivity contribution is -0.268. The predicted octanol–water partition coefficient (Wildman–Crippen LogP) is 0.842. The molecule has 0 aliphatic carbocycles. The number of rotatable bonds is 12. The zero-order chi connectivity index (χ0) is 16.3. The lowest BCUT2D eigenvalue weighted by Crippen LogP contribution is -2.09. The highest BCUT2D eigenvalue weighted by Crippen LogP contribution is 1.94. The van der Waals surface area contributed by atoms with E-state index in [1.165, 1.54) is 0 Å². The zero-order valence-electron chi connectivity index (χ0n) is 13.0. The van der Waals surface area contributed by atoms with Gasteiger partial charge in [0.15, 0.2) is 0 Å². The van der Waals surface area contributed by atoms with E-state index < -0.39 is 5.97 Å². The van der Waals surface area contributed by atoms with Crippen LogP contribution in [0.5, 0.6) is 0 Å². The second kappa shape index (κ2) is 19.0. The molecule has 0 bridgehead atoms. The van der Waals surface area contributed by atoms with Gasteiger partial charge in [-0.15, -0.1) is 0 Å². The highest BCUT2D eigenvalue weighted by molar-refractivity contribution is 5.86. The average Bonchev–Trinajstić information content (AvgIpc) is 2.47. The Morgan fingerprint density at radius 1 is 1.00 bits per heavy atom. The quantitative estimate of drug-likeness (QED) is 0.239. The van der Waals surface area contributed by atoms with Crippen LogP contribution in [0.3, 0.4) is 0 Å². The Bertz CT molecular complexity index is 235. The van der Waals surface area contributed by atoms with Gasteiger partial charge in [-0.05, 0) is 13.3 Å². The van der Waals surface area contributed by atoms with Gasteiger partial charge in [-0.3, -0.25) is 4.89 Å². The summed E-state index contributed by atoms with van der Waals surface area (Å²) in [6.45, 7) is 9.19. The first-order valence-electron chi connectivity index (χ1n) is 6.96. The lowest BCUT2D eigenvalue weighted by atomic mass is 10.4. The van der Waals surface area contributed by atoms with Gasteiger partial charge in [-0.25, -0.2) is 4.79 Å². The molecule has 0 spiro atoms. The third-order valence-corrected chi connectivity index (χ3v) is 1.91. The summed E-state index contributed by atoms with van der Waals surface area (Å²) in [6, 6.07) is 0. The molecule has 7 heteroatoms. The molecule has 0 aromatic carbocycles. The van der Waals surface area contributed by atoms with E-state index in [9.17, 15) is 4.79 Å². The molecule has 0 unspecified atom stereocenters. The number of hydrogen-bond acceptors (Lipinski definition) is 7. The number of aliphatic hydroxyl groups excluding tert-OH is 2. The number of aliphatic hydroxyl groups is 2. The number of ether oxygens (including phenoxy) is 2. The Morgan fingerprint density at radius 3 is 1.90 bits per heavy atom. The van der Waals surface area contributed by atoms with Gasteiger partial charge >= 0.3 is 5.97 Å². The maximum absolute atomic E-state index is 10.7.